The van der Waals surface area contributed by atoms with Crippen LogP contribution in [0.3, 0.4) is 0 Å². The molecule has 0 unspecified atom stereocenters. The van der Waals surface area contributed by atoms with Gasteiger partial charge in [0.05, 0.1) is 13.2 Å². The molecule has 1 aromatic rings. The summed E-state index contributed by atoms with van der Waals surface area (Å²) in [5.74, 6) is 0.538. The first-order valence-electron chi connectivity index (χ1n) is 7.82. The third-order valence-corrected chi connectivity index (χ3v) is 3.26. The van der Waals surface area contributed by atoms with Gasteiger partial charge in [0.1, 0.15) is 0 Å². The minimum atomic E-state index is -0.0840. The van der Waals surface area contributed by atoms with Crippen LogP contribution < -0.4 is 16.0 Å². The molecule has 0 atom stereocenters. The number of ether oxygens (including phenoxy) is 1. The van der Waals surface area contributed by atoms with E-state index in [2.05, 4.69) is 53.0 Å². The van der Waals surface area contributed by atoms with Crippen LogP contribution in [-0.4, -0.2) is 52.3 Å². The van der Waals surface area contributed by atoms with Crippen molar-refractivity contribution in [1.82, 2.24) is 16.0 Å². The SMILES string of the molecule is CN=C(NCCc1cc(C)cc(C)c1)NCC(=O)NCCOC.I. The van der Waals surface area contributed by atoms with E-state index >= 15 is 0 Å². The lowest BCUT2D eigenvalue weighted by molar-refractivity contribution is -0.120. The summed E-state index contributed by atoms with van der Waals surface area (Å²) in [6, 6.07) is 6.54. The number of hydrogen-bond donors (Lipinski definition) is 3. The largest absolute Gasteiger partial charge is 0.383 e. The summed E-state index contributed by atoms with van der Waals surface area (Å²) in [7, 11) is 3.29. The fourth-order valence-electron chi connectivity index (χ4n) is 2.28. The molecule has 1 amide bonds. The molecule has 0 fully saturated rings. The first kappa shape index (κ1) is 22.6. The fraction of sp³-hybridized carbons (Fsp3) is 0.529. The van der Waals surface area contributed by atoms with E-state index in [1.807, 2.05) is 0 Å². The Bertz CT molecular complexity index is 515. The smallest absolute Gasteiger partial charge is 0.239 e. The monoisotopic (exact) mass is 448 g/mol. The van der Waals surface area contributed by atoms with Gasteiger partial charge in [-0.05, 0) is 25.8 Å². The van der Waals surface area contributed by atoms with Crippen molar-refractivity contribution < 1.29 is 9.53 Å². The van der Waals surface area contributed by atoms with Crippen molar-refractivity contribution in [2.45, 2.75) is 20.3 Å². The maximum absolute atomic E-state index is 11.6. The Morgan fingerprint density at radius 1 is 1.08 bits per heavy atom. The van der Waals surface area contributed by atoms with E-state index in [1.54, 1.807) is 14.2 Å². The zero-order chi connectivity index (χ0) is 17.1. The van der Waals surface area contributed by atoms with Gasteiger partial charge in [-0.25, -0.2) is 0 Å². The number of aryl methyl sites for hydroxylation is 2. The molecule has 3 N–H and O–H groups in total. The Labute approximate surface area is 161 Å². The van der Waals surface area contributed by atoms with Gasteiger partial charge in [0.15, 0.2) is 5.96 Å². The van der Waals surface area contributed by atoms with Crippen molar-refractivity contribution in [3.8, 4) is 0 Å². The highest BCUT2D eigenvalue weighted by atomic mass is 127. The molecule has 6 nitrogen and oxygen atoms in total. The summed E-state index contributed by atoms with van der Waals surface area (Å²) in [6.45, 7) is 6.17. The normalized spacial score (nSPS) is 10.8. The van der Waals surface area contributed by atoms with Crippen LogP contribution in [0, 0.1) is 13.8 Å². The molecule has 0 radical (unpaired) electrons. The Hall–Kier alpha value is -1.35. The third-order valence-electron chi connectivity index (χ3n) is 3.26. The molecule has 0 bridgehead atoms. The van der Waals surface area contributed by atoms with Gasteiger partial charge in [-0.1, -0.05) is 29.3 Å². The van der Waals surface area contributed by atoms with Gasteiger partial charge >= 0.3 is 0 Å². The van der Waals surface area contributed by atoms with Crippen molar-refractivity contribution >= 4 is 35.8 Å². The van der Waals surface area contributed by atoms with E-state index in [4.69, 9.17) is 4.74 Å². The summed E-state index contributed by atoms with van der Waals surface area (Å²) >= 11 is 0. The van der Waals surface area contributed by atoms with Gasteiger partial charge < -0.3 is 20.7 Å². The van der Waals surface area contributed by atoms with Crippen molar-refractivity contribution in [3.05, 3.63) is 34.9 Å². The van der Waals surface area contributed by atoms with Crippen LogP contribution in [0.15, 0.2) is 23.2 Å². The number of nitrogens with zero attached hydrogens (tertiary/aromatic N) is 1. The second-order valence-corrected chi connectivity index (χ2v) is 5.44. The molecule has 0 aliphatic rings. The minimum absolute atomic E-state index is 0. The summed E-state index contributed by atoms with van der Waals surface area (Å²) in [4.78, 5) is 15.7. The molecule has 0 aliphatic heterocycles. The van der Waals surface area contributed by atoms with E-state index in [9.17, 15) is 4.79 Å². The van der Waals surface area contributed by atoms with Gasteiger partial charge in [-0.15, -0.1) is 24.0 Å². The van der Waals surface area contributed by atoms with E-state index in [-0.39, 0.29) is 36.4 Å². The van der Waals surface area contributed by atoms with Crippen molar-refractivity contribution in [3.63, 3.8) is 0 Å². The van der Waals surface area contributed by atoms with Gasteiger partial charge in [0.2, 0.25) is 5.91 Å². The fourth-order valence-corrected chi connectivity index (χ4v) is 2.28. The highest BCUT2D eigenvalue weighted by molar-refractivity contribution is 14.0. The first-order chi connectivity index (χ1) is 11.0. The average molecular weight is 448 g/mol. The number of rotatable bonds is 8. The molecule has 0 saturated heterocycles. The van der Waals surface area contributed by atoms with Gasteiger partial charge in [-0.2, -0.15) is 0 Å². The number of benzene rings is 1. The van der Waals surface area contributed by atoms with E-state index < -0.39 is 0 Å². The number of carbonyl (C=O) groups excluding carboxylic acids is 1. The van der Waals surface area contributed by atoms with Crippen LogP contribution in [0.2, 0.25) is 0 Å². The number of carbonyl (C=O) groups is 1. The molecule has 0 aromatic heterocycles. The number of amides is 1. The second kappa shape index (κ2) is 13.0. The van der Waals surface area contributed by atoms with E-state index in [0.29, 0.717) is 19.1 Å². The van der Waals surface area contributed by atoms with Crippen molar-refractivity contribution in [2.24, 2.45) is 4.99 Å². The molecule has 0 aliphatic carbocycles. The molecule has 0 spiro atoms. The molecular weight excluding hydrogens is 419 g/mol. The maximum atomic E-state index is 11.6. The Morgan fingerprint density at radius 3 is 2.33 bits per heavy atom. The molecule has 7 heteroatoms. The molecule has 0 heterocycles. The van der Waals surface area contributed by atoms with Gasteiger partial charge in [0, 0.05) is 27.2 Å². The average Bonchev–Trinajstić information content (AvgIpc) is 2.50. The van der Waals surface area contributed by atoms with Crippen LogP contribution in [0.25, 0.3) is 0 Å². The van der Waals surface area contributed by atoms with Crippen LogP contribution in [0.4, 0.5) is 0 Å². The number of aliphatic imine (C=N–C) groups is 1. The standard InChI is InChI=1S/C17H28N4O2.HI/c1-13-9-14(2)11-15(10-13)5-6-20-17(18-3)21-12-16(22)19-7-8-23-4;/h9-11H,5-8,12H2,1-4H3,(H,19,22)(H2,18,20,21);1H. The van der Waals surface area contributed by atoms with E-state index in [0.717, 1.165) is 13.0 Å². The Kier molecular flexibility index (Phi) is 12.3. The molecule has 1 rings (SSSR count). The lowest BCUT2D eigenvalue weighted by Crippen LogP contribution is -2.44. The molecule has 136 valence electrons. The Morgan fingerprint density at radius 2 is 1.75 bits per heavy atom. The number of nitrogens with one attached hydrogen (secondary N) is 3. The zero-order valence-electron chi connectivity index (χ0n) is 14.9. The number of halogens is 1. The minimum Gasteiger partial charge on any atom is -0.383 e. The highest BCUT2D eigenvalue weighted by Gasteiger charge is 2.03. The van der Waals surface area contributed by atoms with Crippen LogP contribution in [-0.2, 0) is 16.0 Å². The van der Waals surface area contributed by atoms with Crippen molar-refractivity contribution in [1.29, 1.82) is 0 Å². The van der Waals surface area contributed by atoms with Crippen LogP contribution >= 0.6 is 24.0 Å². The predicted molar refractivity (Wildman–Crippen MR) is 109 cm³/mol. The number of guanidine groups is 1. The highest BCUT2D eigenvalue weighted by Crippen LogP contribution is 2.08. The summed E-state index contributed by atoms with van der Waals surface area (Å²) in [5.41, 5.74) is 3.84. The third kappa shape index (κ3) is 9.71. The first-order valence-corrected chi connectivity index (χ1v) is 7.82. The number of methoxy groups -OCH3 is 1. The van der Waals surface area contributed by atoms with Crippen LogP contribution in [0.5, 0.6) is 0 Å². The Balaban J connectivity index is 0.00000529. The van der Waals surface area contributed by atoms with Gasteiger partial charge in [-0.3, -0.25) is 9.79 Å². The zero-order valence-corrected chi connectivity index (χ0v) is 17.3. The molecule has 0 saturated carbocycles. The quantitative estimate of drug-likeness (QED) is 0.243. The second-order valence-electron chi connectivity index (χ2n) is 5.44. The molecular formula is C17H29IN4O2. The van der Waals surface area contributed by atoms with E-state index in [1.165, 1.54) is 16.7 Å². The summed E-state index contributed by atoms with van der Waals surface area (Å²) in [5, 5.41) is 8.95. The lowest BCUT2D eigenvalue weighted by Gasteiger charge is -2.12. The number of hydrogen-bond acceptors (Lipinski definition) is 3. The molecule has 24 heavy (non-hydrogen) atoms. The predicted octanol–water partition coefficient (Wildman–Crippen LogP) is 1.39. The lowest BCUT2D eigenvalue weighted by atomic mass is 10.1. The topological polar surface area (TPSA) is 74.8 Å². The maximum Gasteiger partial charge on any atom is 0.239 e. The van der Waals surface area contributed by atoms with Crippen molar-refractivity contribution in [2.75, 3.05) is 40.4 Å². The summed E-state index contributed by atoms with van der Waals surface area (Å²) in [6.07, 6.45) is 0.906. The summed E-state index contributed by atoms with van der Waals surface area (Å²) < 4.78 is 4.88. The van der Waals surface area contributed by atoms with Crippen LogP contribution in [0.1, 0.15) is 16.7 Å². The molecule has 1 aromatic carbocycles. The van der Waals surface area contributed by atoms with Gasteiger partial charge in [0.25, 0.3) is 0 Å².